The third-order valence-electron chi connectivity index (χ3n) is 8.27. The standard InChI is InChI=1S/C23H32O4/c1-14(24)26-17-6-8-18-16(13-17)5-7-20-19(18)9-11-22(3)21(20)10-12-23(22,4)27-15(2)25/h5,13,18-21H,6-12H2,1-4H3/t18-,19+,20+,21+,22-,23-/m0/s1. The van der Waals surface area contributed by atoms with E-state index in [1.165, 1.54) is 25.8 Å². The lowest BCUT2D eigenvalue weighted by Gasteiger charge is -2.54. The molecular weight excluding hydrogens is 340 g/mol. The van der Waals surface area contributed by atoms with E-state index in [0.717, 1.165) is 44.3 Å². The number of fused-ring (bicyclic) bond motifs is 5. The van der Waals surface area contributed by atoms with Gasteiger partial charge in [0.25, 0.3) is 0 Å². The second-order valence-corrected chi connectivity index (χ2v) is 9.54. The van der Waals surface area contributed by atoms with Gasteiger partial charge in [0, 0.05) is 25.7 Å². The molecule has 4 heteroatoms. The molecule has 0 aromatic rings. The Bertz CT molecular complexity index is 720. The van der Waals surface area contributed by atoms with Crippen LogP contribution in [-0.2, 0) is 19.1 Å². The Morgan fingerprint density at radius 2 is 1.81 bits per heavy atom. The van der Waals surface area contributed by atoms with E-state index < -0.39 is 0 Å². The quantitative estimate of drug-likeness (QED) is 0.644. The fraction of sp³-hybridized carbons (Fsp3) is 0.739. The van der Waals surface area contributed by atoms with Crippen LogP contribution < -0.4 is 0 Å². The zero-order valence-corrected chi connectivity index (χ0v) is 17.0. The first-order chi connectivity index (χ1) is 12.7. The largest absolute Gasteiger partial charge is 0.459 e. The van der Waals surface area contributed by atoms with E-state index in [2.05, 4.69) is 26.0 Å². The maximum atomic E-state index is 11.7. The molecule has 0 heterocycles. The normalized spacial score (nSPS) is 42.8. The average Bonchev–Trinajstić information content (AvgIpc) is 2.84. The van der Waals surface area contributed by atoms with Gasteiger partial charge in [-0.05, 0) is 80.8 Å². The van der Waals surface area contributed by atoms with Gasteiger partial charge in [-0.2, -0.15) is 0 Å². The van der Waals surface area contributed by atoms with Gasteiger partial charge in [0.2, 0.25) is 0 Å². The summed E-state index contributed by atoms with van der Waals surface area (Å²) in [7, 11) is 0. The maximum absolute atomic E-state index is 11.7. The zero-order valence-electron chi connectivity index (χ0n) is 17.0. The minimum atomic E-state index is -0.326. The van der Waals surface area contributed by atoms with Crippen molar-refractivity contribution in [3.63, 3.8) is 0 Å². The van der Waals surface area contributed by atoms with Gasteiger partial charge < -0.3 is 9.47 Å². The molecule has 2 fully saturated rings. The van der Waals surface area contributed by atoms with Crippen molar-refractivity contribution in [2.45, 2.75) is 78.2 Å². The minimum Gasteiger partial charge on any atom is -0.459 e. The lowest BCUT2D eigenvalue weighted by atomic mass is 9.51. The summed E-state index contributed by atoms with van der Waals surface area (Å²) in [5.41, 5.74) is 1.13. The number of esters is 2. The molecule has 27 heavy (non-hydrogen) atoms. The molecule has 0 amide bonds. The van der Waals surface area contributed by atoms with Crippen LogP contribution in [0.4, 0.5) is 0 Å². The van der Waals surface area contributed by atoms with Gasteiger partial charge >= 0.3 is 11.9 Å². The van der Waals surface area contributed by atoms with Crippen molar-refractivity contribution in [3.8, 4) is 0 Å². The molecule has 0 spiro atoms. The molecule has 4 rings (SSSR count). The Morgan fingerprint density at radius 3 is 2.52 bits per heavy atom. The molecule has 4 nitrogen and oxygen atoms in total. The highest BCUT2D eigenvalue weighted by molar-refractivity contribution is 5.67. The molecule has 4 aliphatic rings. The Hall–Kier alpha value is -1.58. The van der Waals surface area contributed by atoms with Crippen LogP contribution in [0.25, 0.3) is 0 Å². The molecule has 0 bridgehead atoms. The van der Waals surface area contributed by atoms with Crippen LogP contribution in [-0.4, -0.2) is 17.5 Å². The first-order valence-corrected chi connectivity index (χ1v) is 10.5. The van der Waals surface area contributed by atoms with Crippen molar-refractivity contribution < 1.29 is 19.1 Å². The molecule has 0 aliphatic heterocycles. The number of hydrogen-bond donors (Lipinski definition) is 0. The highest BCUT2D eigenvalue weighted by atomic mass is 16.6. The van der Waals surface area contributed by atoms with Crippen LogP contribution in [0, 0.1) is 29.1 Å². The number of rotatable bonds is 2. The Kier molecular flexibility index (Phi) is 4.51. The number of carbonyl (C=O) groups is 2. The highest BCUT2D eigenvalue weighted by Gasteiger charge is 2.62. The van der Waals surface area contributed by atoms with E-state index in [1.54, 1.807) is 0 Å². The van der Waals surface area contributed by atoms with Crippen LogP contribution in [0.2, 0.25) is 0 Å². The SMILES string of the molecule is CC(=O)OC1=CC2=CC[C@@H]3[C@H](CC[C@@]4(C)[C@@H]3CC[C@]4(C)OC(C)=O)[C@H]2CC1. The summed E-state index contributed by atoms with van der Waals surface area (Å²) in [5.74, 6) is 3.05. The van der Waals surface area contributed by atoms with E-state index in [9.17, 15) is 9.59 Å². The van der Waals surface area contributed by atoms with E-state index in [1.807, 2.05) is 0 Å². The van der Waals surface area contributed by atoms with Crippen molar-refractivity contribution in [2.24, 2.45) is 29.1 Å². The Morgan fingerprint density at radius 1 is 1.04 bits per heavy atom. The number of hydrogen-bond acceptors (Lipinski definition) is 4. The molecule has 0 unspecified atom stereocenters. The average molecular weight is 373 g/mol. The summed E-state index contributed by atoms with van der Waals surface area (Å²) < 4.78 is 11.3. The fourth-order valence-electron chi connectivity index (χ4n) is 6.90. The number of ether oxygens (including phenoxy) is 2. The van der Waals surface area contributed by atoms with Gasteiger partial charge in [0.1, 0.15) is 11.4 Å². The maximum Gasteiger partial charge on any atom is 0.307 e. The smallest absolute Gasteiger partial charge is 0.307 e. The van der Waals surface area contributed by atoms with E-state index in [0.29, 0.717) is 23.7 Å². The van der Waals surface area contributed by atoms with Crippen molar-refractivity contribution in [1.82, 2.24) is 0 Å². The summed E-state index contributed by atoms with van der Waals surface area (Å²) in [5, 5.41) is 0. The lowest BCUT2D eigenvalue weighted by Crippen LogP contribution is -2.52. The van der Waals surface area contributed by atoms with Crippen molar-refractivity contribution in [2.75, 3.05) is 0 Å². The van der Waals surface area contributed by atoms with Crippen molar-refractivity contribution >= 4 is 11.9 Å². The molecule has 0 N–H and O–H groups in total. The third kappa shape index (κ3) is 2.96. The van der Waals surface area contributed by atoms with E-state index in [4.69, 9.17) is 9.47 Å². The van der Waals surface area contributed by atoms with Crippen LogP contribution in [0.15, 0.2) is 23.5 Å². The van der Waals surface area contributed by atoms with Crippen LogP contribution in [0.1, 0.15) is 72.6 Å². The van der Waals surface area contributed by atoms with E-state index >= 15 is 0 Å². The third-order valence-corrected chi connectivity index (χ3v) is 8.27. The van der Waals surface area contributed by atoms with Crippen molar-refractivity contribution in [1.29, 1.82) is 0 Å². The van der Waals surface area contributed by atoms with Gasteiger partial charge in [-0.15, -0.1) is 0 Å². The van der Waals surface area contributed by atoms with Gasteiger partial charge in [-0.3, -0.25) is 9.59 Å². The lowest BCUT2D eigenvalue weighted by molar-refractivity contribution is -0.175. The molecule has 0 aromatic carbocycles. The second kappa shape index (κ2) is 6.49. The number of allylic oxidation sites excluding steroid dienone is 4. The van der Waals surface area contributed by atoms with Gasteiger partial charge in [0.05, 0.1) is 0 Å². The fourth-order valence-corrected chi connectivity index (χ4v) is 6.90. The molecule has 0 radical (unpaired) electrons. The molecule has 0 aromatic heterocycles. The predicted octanol–water partition coefficient (Wildman–Crippen LogP) is 4.94. The molecular formula is C23H32O4. The first kappa shape index (κ1) is 18.8. The monoisotopic (exact) mass is 372 g/mol. The topological polar surface area (TPSA) is 52.6 Å². The summed E-state index contributed by atoms with van der Waals surface area (Å²) in [6.45, 7) is 7.54. The summed E-state index contributed by atoms with van der Waals surface area (Å²) in [4.78, 5) is 23.0. The van der Waals surface area contributed by atoms with Crippen LogP contribution in [0.5, 0.6) is 0 Å². The molecule has 6 atom stereocenters. The van der Waals surface area contributed by atoms with E-state index in [-0.39, 0.29) is 23.0 Å². The predicted molar refractivity (Wildman–Crippen MR) is 102 cm³/mol. The molecule has 0 saturated heterocycles. The van der Waals surface area contributed by atoms with Crippen molar-refractivity contribution in [3.05, 3.63) is 23.5 Å². The van der Waals surface area contributed by atoms with Crippen LogP contribution in [0.3, 0.4) is 0 Å². The molecule has 4 aliphatic carbocycles. The number of carbonyl (C=O) groups excluding carboxylic acids is 2. The summed E-state index contributed by atoms with van der Waals surface area (Å²) in [6.07, 6.45) is 12.0. The first-order valence-electron chi connectivity index (χ1n) is 10.5. The van der Waals surface area contributed by atoms with Gasteiger partial charge in [-0.1, -0.05) is 13.0 Å². The summed E-state index contributed by atoms with van der Waals surface area (Å²) >= 11 is 0. The van der Waals surface area contributed by atoms with Gasteiger partial charge in [-0.25, -0.2) is 0 Å². The second-order valence-electron chi connectivity index (χ2n) is 9.54. The Balaban J connectivity index is 1.58. The Labute approximate surface area is 162 Å². The van der Waals surface area contributed by atoms with Gasteiger partial charge in [0.15, 0.2) is 0 Å². The zero-order chi connectivity index (χ0) is 19.4. The summed E-state index contributed by atoms with van der Waals surface area (Å²) in [6, 6.07) is 0. The van der Waals surface area contributed by atoms with Crippen LogP contribution >= 0.6 is 0 Å². The molecule has 148 valence electrons. The minimum absolute atomic E-state index is 0.0819. The molecule has 2 saturated carbocycles. The highest BCUT2D eigenvalue weighted by Crippen LogP contribution is 2.65.